The number of aromatic nitrogens is 3. The quantitative estimate of drug-likeness (QED) is 0.148. The van der Waals surface area contributed by atoms with Crippen LogP contribution >= 0.6 is 46.1 Å². The number of fused-ring (bicyclic) bond motifs is 1. The lowest BCUT2D eigenvalue weighted by atomic mass is 10.2. The molecule has 5 atom stereocenters. The van der Waals surface area contributed by atoms with Crippen molar-refractivity contribution in [3.05, 3.63) is 20.1 Å². The summed E-state index contributed by atoms with van der Waals surface area (Å²) in [5.74, 6) is -0.152. The molecule has 2 unspecified atom stereocenters. The molecular formula is C11H16IN4O13P3. The molecule has 1 saturated heterocycles. The van der Waals surface area contributed by atoms with Crippen LogP contribution in [-0.4, -0.2) is 58.0 Å². The van der Waals surface area contributed by atoms with E-state index in [2.05, 4.69) is 23.1 Å². The second-order valence-corrected chi connectivity index (χ2v) is 11.9. The summed E-state index contributed by atoms with van der Waals surface area (Å²) >= 11 is 1.89. The number of phosphoric ester groups is 1. The molecule has 1 fully saturated rings. The van der Waals surface area contributed by atoms with Crippen LogP contribution in [-0.2, 0) is 31.6 Å². The number of nitrogen functional groups attached to an aromatic ring is 1. The zero-order valence-electron chi connectivity index (χ0n) is 15.4. The van der Waals surface area contributed by atoms with Gasteiger partial charge >= 0.3 is 23.5 Å². The summed E-state index contributed by atoms with van der Waals surface area (Å²) in [4.78, 5) is 54.2. The van der Waals surface area contributed by atoms with E-state index in [9.17, 15) is 28.5 Å². The highest BCUT2D eigenvalue weighted by Crippen LogP contribution is 2.66. The van der Waals surface area contributed by atoms with Crippen molar-refractivity contribution in [2.45, 2.75) is 24.9 Å². The van der Waals surface area contributed by atoms with Gasteiger partial charge in [0.1, 0.15) is 12.3 Å². The van der Waals surface area contributed by atoms with E-state index in [0.29, 0.717) is 3.57 Å². The SMILES string of the molecule is Nc1nc2c(c(I)cn2[C@H]2C[C@H](O)[C@@H](COP(=O)(O)OP(=O)(O)OP(=O)(O)O)O2)c(=O)[nH]1. The molecule has 1 aliphatic heterocycles. The fourth-order valence-electron chi connectivity index (χ4n) is 2.85. The van der Waals surface area contributed by atoms with Gasteiger partial charge in [0.05, 0.1) is 18.1 Å². The fourth-order valence-corrected chi connectivity index (χ4v) is 6.67. The van der Waals surface area contributed by atoms with Crippen LogP contribution < -0.4 is 11.3 Å². The maximum atomic E-state index is 12.1. The van der Waals surface area contributed by atoms with Crippen LogP contribution in [0, 0.1) is 3.57 Å². The summed E-state index contributed by atoms with van der Waals surface area (Å²) in [5, 5.41) is 10.4. The van der Waals surface area contributed by atoms with Gasteiger partial charge < -0.3 is 39.7 Å². The lowest BCUT2D eigenvalue weighted by Crippen LogP contribution is -2.26. The second kappa shape index (κ2) is 9.14. The Morgan fingerprint density at radius 3 is 2.53 bits per heavy atom. The summed E-state index contributed by atoms with van der Waals surface area (Å²) in [6.45, 7) is -0.826. The van der Waals surface area contributed by atoms with Gasteiger partial charge in [-0.25, -0.2) is 13.7 Å². The highest BCUT2D eigenvalue weighted by atomic mass is 127. The molecule has 21 heteroatoms. The number of halogens is 1. The predicted octanol–water partition coefficient (Wildman–Crippen LogP) is -0.0969. The van der Waals surface area contributed by atoms with Gasteiger partial charge in [-0.05, 0) is 22.6 Å². The number of anilines is 1. The molecule has 1 aliphatic rings. The first kappa shape index (κ1) is 25.9. The normalized spacial score (nSPS) is 25.6. The molecule has 2 aromatic heterocycles. The molecule has 0 aromatic carbocycles. The second-order valence-electron chi connectivity index (χ2n) is 6.35. The standard InChI is InChI=1S/C11H16IN4O13P3/c12-4-2-16(9-8(4)10(18)15-11(13)14-9)7-1-5(17)6(27-7)3-26-31(22,23)29-32(24,25)28-30(19,20)21/h2,5-7,17H,1,3H2,(H,22,23)(H,24,25)(H2,19,20,21)(H3,13,14,15,18)/t5-,6+,7+/m0/s1. The maximum Gasteiger partial charge on any atom is 0.490 e. The third kappa shape index (κ3) is 6.24. The van der Waals surface area contributed by atoms with Crippen molar-refractivity contribution in [2.24, 2.45) is 0 Å². The Hall–Kier alpha value is -0.720. The minimum Gasteiger partial charge on any atom is -0.390 e. The topological polar surface area (TPSA) is 266 Å². The molecule has 0 spiro atoms. The van der Waals surface area contributed by atoms with Gasteiger partial charge in [-0.2, -0.15) is 13.6 Å². The van der Waals surface area contributed by atoms with E-state index < -0.39 is 54.1 Å². The Bertz CT molecular complexity index is 1230. The van der Waals surface area contributed by atoms with E-state index in [4.69, 9.17) is 25.2 Å². The van der Waals surface area contributed by atoms with Crippen molar-refractivity contribution in [1.29, 1.82) is 0 Å². The summed E-state index contributed by atoms with van der Waals surface area (Å²) in [7, 11) is -16.6. The third-order valence-electron chi connectivity index (χ3n) is 3.99. The Morgan fingerprint density at radius 1 is 1.25 bits per heavy atom. The number of ether oxygens (including phenoxy) is 1. The Labute approximate surface area is 191 Å². The van der Waals surface area contributed by atoms with E-state index in [1.165, 1.54) is 10.8 Å². The van der Waals surface area contributed by atoms with Gasteiger partial charge in [-0.1, -0.05) is 0 Å². The lowest BCUT2D eigenvalue weighted by Gasteiger charge is -2.19. The molecule has 0 radical (unpaired) electrons. The molecule has 0 aliphatic carbocycles. The number of aromatic amines is 1. The molecule has 32 heavy (non-hydrogen) atoms. The first-order valence-corrected chi connectivity index (χ1v) is 13.8. The van der Waals surface area contributed by atoms with Crippen molar-refractivity contribution in [1.82, 2.24) is 14.5 Å². The Morgan fingerprint density at radius 2 is 1.91 bits per heavy atom. The highest BCUT2D eigenvalue weighted by Gasteiger charge is 2.43. The molecular weight excluding hydrogens is 616 g/mol. The largest absolute Gasteiger partial charge is 0.490 e. The highest BCUT2D eigenvalue weighted by molar-refractivity contribution is 14.1. The molecule has 3 heterocycles. The minimum atomic E-state index is -5.67. The van der Waals surface area contributed by atoms with Crippen LogP contribution in [0.25, 0.3) is 11.0 Å². The number of hydrogen-bond acceptors (Lipinski definition) is 11. The van der Waals surface area contributed by atoms with Crippen molar-refractivity contribution in [2.75, 3.05) is 12.3 Å². The van der Waals surface area contributed by atoms with Gasteiger partial charge in [-0.15, -0.1) is 0 Å². The van der Waals surface area contributed by atoms with Gasteiger partial charge in [0.15, 0.2) is 5.65 Å². The number of nitrogens with one attached hydrogen (secondary N) is 1. The number of nitrogens with zero attached hydrogens (tertiary/aromatic N) is 2. The Kier molecular flexibility index (Phi) is 7.40. The zero-order chi connectivity index (χ0) is 24.1. The average Bonchev–Trinajstić information content (AvgIpc) is 3.09. The van der Waals surface area contributed by atoms with Crippen LogP contribution in [0.1, 0.15) is 12.6 Å². The predicted molar refractivity (Wildman–Crippen MR) is 112 cm³/mol. The summed E-state index contributed by atoms with van der Waals surface area (Å²) in [5.41, 5.74) is 5.25. The van der Waals surface area contributed by atoms with E-state index in [1.807, 2.05) is 22.6 Å². The Balaban J connectivity index is 1.71. The van der Waals surface area contributed by atoms with Gasteiger partial charge in [-0.3, -0.25) is 14.3 Å². The lowest BCUT2D eigenvalue weighted by molar-refractivity contribution is -0.0422. The zero-order valence-corrected chi connectivity index (χ0v) is 20.3. The third-order valence-corrected chi connectivity index (χ3v) is 8.61. The number of H-pyrrole nitrogens is 1. The van der Waals surface area contributed by atoms with Crippen LogP contribution in [0.4, 0.5) is 5.95 Å². The minimum absolute atomic E-state index is 0.0569. The first-order valence-electron chi connectivity index (χ1n) is 8.24. The van der Waals surface area contributed by atoms with Gasteiger partial charge in [0, 0.05) is 16.2 Å². The van der Waals surface area contributed by atoms with Gasteiger partial charge in [0.25, 0.3) is 5.56 Å². The first-order chi connectivity index (χ1) is 14.6. The van der Waals surface area contributed by atoms with E-state index in [1.54, 1.807) is 0 Å². The number of rotatable bonds is 8. The number of aliphatic hydroxyl groups is 1. The monoisotopic (exact) mass is 632 g/mol. The van der Waals surface area contributed by atoms with E-state index in [-0.39, 0.29) is 23.4 Å². The number of nitrogens with two attached hydrogens (primary N) is 1. The van der Waals surface area contributed by atoms with Crippen molar-refractivity contribution in [3.63, 3.8) is 0 Å². The molecule has 3 rings (SSSR count). The fraction of sp³-hybridized carbons (Fsp3) is 0.455. The van der Waals surface area contributed by atoms with E-state index in [0.717, 1.165) is 0 Å². The van der Waals surface area contributed by atoms with Crippen LogP contribution in [0.15, 0.2) is 11.0 Å². The van der Waals surface area contributed by atoms with Crippen LogP contribution in [0.5, 0.6) is 0 Å². The van der Waals surface area contributed by atoms with Crippen molar-refractivity contribution in [3.8, 4) is 0 Å². The average molecular weight is 632 g/mol. The van der Waals surface area contributed by atoms with Crippen LogP contribution in [0.2, 0.25) is 0 Å². The maximum absolute atomic E-state index is 12.1. The van der Waals surface area contributed by atoms with Crippen LogP contribution in [0.3, 0.4) is 0 Å². The smallest absolute Gasteiger partial charge is 0.390 e. The molecule has 0 saturated carbocycles. The molecule has 8 N–H and O–H groups in total. The number of aliphatic hydroxyl groups excluding tert-OH is 1. The molecule has 17 nitrogen and oxygen atoms in total. The molecule has 180 valence electrons. The summed E-state index contributed by atoms with van der Waals surface area (Å²) < 4.78 is 53.0. The molecule has 2 aromatic rings. The molecule has 0 bridgehead atoms. The van der Waals surface area contributed by atoms with Crippen molar-refractivity contribution < 1.29 is 56.3 Å². The number of hydrogen-bond donors (Lipinski definition) is 7. The summed E-state index contributed by atoms with van der Waals surface area (Å²) in [6.07, 6.45) is -1.91. The van der Waals surface area contributed by atoms with E-state index >= 15 is 0 Å². The number of phosphoric acid groups is 3. The van der Waals surface area contributed by atoms with Gasteiger partial charge in [0.2, 0.25) is 5.95 Å². The van der Waals surface area contributed by atoms with Crippen molar-refractivity contribution >= 4 is 63.0 Å². The molecule has 0 amide bonds. The summed E-state index contributed by atoms with van der Waals surface area (Å²) in [6, 6.07) is 0.